The predicted octanol–water partition coefficient (Wildman–Crippen LogP) is -2.14. The van der Waals surface area contributed by atoms with Crippen LogP contribution in [-0.4, -0.2) is 55.3 Å². The van der Waals surface area contributed by atoms with Crippen LogP contribution >= 0.6 is 0 Å². The standard InChI is InChI=1S/C7H15NO5/c8-6(5-10)7(11)13-4-3-12-2-1-9/h6,9-10H,1-5,8H2/t6-/m0/s1. The average Bonchev–Trinajstić information content (AvgIpc) is 2.16. The Kier molecular flexibility index (Phi) is 7.51. The molecule has 1 atom stereocenters. The maximum absolute atomic E-state index is 10.8. The van der Waals surface area contributed by atoms with E-state index < -0.39 is 18.6 Å². The number of carbonyl (C=O) groups is 1. The molecule has 0 rings (SSSR count). The molecule has 0 heterocycles. The summed E-state index contributed by atoms with van der Waals surface area (Å²) in [6.07, 6.45) is 0. The first kappa shape index (κ1) is 12.3. The lowest BCUT2D eigenvalue weighted by Crippen LogP contribution is -2.36. The van der Waals surface area contributed by atoms with Crippen LogP contribution in [0.15, 0.2) is 0 Å². The van der Waals surface area contributed by atoms with Crippen LogP contribution in [0.25, 0.3) is 0 Å². The van der Waals surface area contributed by atoms with Crippen LogP contribution in [0.1, 0.15) is 0 Å². The van der Waals surface area contributed by atoms with Crippen LogP contribution in [0.3, 0.4) is 0 Å². The van der Waals surface area contributed by atoms with Crippen molar-refractivity contribution in [3.05, 3.63) is 0 Å². The Balaban J connectivity index is 3.27. The second-order valence-corrected chi connectivity index (χ2v) is 2.29. The Morgan fingerprint density at radius 1 is 1.31 bits per heavy atom. The molecule has 0 aliphatic heterocycles. The van der Waals surface area contributed by atoms with Crippen molar-refractivity contribution < 1.29 is 24.5 Å². The van der Waals surface area contributed by atoms with E-state index in [-0.39, 0.29) is 26.4 Å². The third-order valence-electron chi connectivity index (χ3n) is 1.21. The van der Waals surface area contributed by atoms with E-state index in [2.05, 4.69) is 4.74 Å². The molecule has 0 spiro atoms. The van der Waals surface area contributed by atoms with Gasteiger partial charge in [-0.2, -0.15) is 0 Å². The van der Waals surface area contributed by atoms with Crippen molar-refractivity contribution in [1.29, 1.82) is 0 Å². The van der Waals surface area contributed by atoms with Gasteiger partial charge in [0.05, 0.1) is 26.4 Å². The van der Waals surface area contributed by atoms with E-state index in [1.165, 1.54) is 0 Å². The van der Waals surface area contributed by atoms with Crippen molar-refractivity contribution in [1.82, 2.24) is 0 Å². The number of rotatable bonds is 7. The van der Waals surface area contributed by atoms with Crippen LogP contribution < -0.4 is 5.73 Å². The average molecular weight is 193 g/mol. The monoisotopic (exact) mass is 193 g/mol. The first-order valence-electron chi connectivity index (χ1n) is 3.94. The summed E-state index contributed by atoms with van der Waals surface area (Å²) >= 11 is 0. The highest BCUT2D eigenvalue weighted by Gasteiger charge is 2.12. The van der Waals surface area contributed by atoms with Crippen molar-refractivity contribution in [3.8, 4) is 0 Å². The van der Waals surface area contributed by atoms with E-state index >= 15 is 0 Å². The lowest BCUT2D eigenvalue weighted by Gasteiger charge is -2.08. The third-order valence-corrected chi connectivity index (χ3v) is 1.21. The summed E-state index contributed by atoms with van der Waals surface area (Å²) in [6, 6.07) is -0.988. The molecule has 0 radical (unpaired) electrons. The fourth-order valence-electron chi connectivity index (χ4n) is 0.549. The van der Waals surface area contributed by atoms with Crippen LogP contribution in [0.4, 0.5) is 0 Å². The lowest BCUT2D eigenvalue weighted by atomic mass is 10.3. The zero-order valence-electron chi connectivity index (χ0n) is 7.31. The van der Waals surface area contributed by atoms with Crippen molar-refractivity contribution in [2.75, 3.05) is 33.0 Å². The topological polar surface area (TPSA) is 102 Å². The lowest BCUT2D eigenvalue weighted by molar-refractivity contribution is -0.147. The third kappa shape index (κ3) is 6.47. The maximum atomic E-state index is 10.8. The smallest absolute Gasteiger partial charge is 0.325 e. The van der Waals surface area contributed by atoms with Crippen LogP contribution in [0.2, 0.25) is 0 Å². The number of ether oxygens (including phenoxy) is 2. The fraction of sp³-hybridized carbons (Fsp3) is 0.857. The molecule has 13 heavy (non-hydrogen) atoms. The number of esters is 1. The molecule has 0 bridgehead atoms. The molecule has 0 unspecified atom stereocenters. The number of nitrogens with two attached hydrogens (primary N) is 1. The van der Waals surface area contributed by atoms with E-state index in [1.54, 1.807) is 0 Å². The van der Waals surface area contributed by atoms with Crippen LogP contribution in [-0.2, 0) is 14.3 Å². The second-order valence-electron chi connectivity index (χ2n) is 2.29. The summed E-state index contributed by atoms with van der Waals surface area (Å²) in [4.78, 5) is 10.8. The van der Waals surface area contributed by atoms with E-state index in [9.17, 15) is 4.79 Å². The molecule has 0 aromatic carbocycles. The van der Waals surface area contributed by atoms with Crippen molar-refractivity contribution in [3.63, 3.8) is 0 Å². The Morgan fingerprint density at radius 3 is 2.54 bits per heavy atom. The van der Waals surface area contributed by atoms with Gasteiger partial charge in [-0.25, -0.2) is 0 Å². The van der Waals surface area contributed by atoms with Gasteiger partial charge in [-0.1, -0.05) is 0 Å². The molecule has 0 saturated heterocycles. The van der Waals surface area contributed by atoms with Crippen molar-refractivity contribution >= 4 is 5.97 Å². The Morgan fingerprint density at radius 2 is 2.00 bits per heavy atom. The van der Waals surface area contributed by atoms with Crippen LogP contribution in [0.5, 0.6) is 0 Å². The zero-order chi connectivity index (χ0) is 10.1. The second kappa shape index (κ2) is 7.93. The minimum atomic E-state index is -0.988. The molecule has 4 N–H and O–H groups in total. The normalized spacial score (nSPS) is 12.5. The van der Waals surface area contributed by atoms with Crippen molar-refractivity contribution in [2.45, 2.75) is 6.04 Å². The van der Waals surface area contributed by atoms with Gasteiger partial charge < -0.3 is 25.4 Å². The van der Waals surface area contributed by atoms with Gasteiger partial charge in [0.15, 0.2) is 0 Å². The minimum Gasteiger partial charge on any atom is -0.462 e. The molecule has 0 aromatic rings. The number of carbonyl (C=O) groups excluding carboxylic acids is 1. The molecule has 6 nitrogen and oxygen atoms in total. The quantitative estimate of drug-likeness (QED) is 0.315. The number of hydrogen-bond donors (Lipinski definition) is 3. The van der Waals surface area contributed by atoms with E-state index in [1.807, 2.05) is 0 Å². The maximum Gasteiger partial charge on any atom is 0.325 e. The SMILES string of the molecule is N[C@@H](CO)C(=O)OCCOCCO. The largest absolute Gasteiger partial charge is 0.462 e. The van der Waals surface area contributed by atoms with Gasteiger partial charge in [0, 0.05) is 0 Å². The Hall–Kier alpha value is -0.690. The zero-order valence-corrected chi connectivity index (χ0v) is 7.31. The molecule has 78 valence electrons. The van der Waals surface area contributed by atoms with Gasteiger partial charge in [-0.3, -0.25) is 4.79 Å². The van der Waals surface area contributed by atoms with Gasteiger partial charge in [0.25, 0.3) is 0 Å². The molecule has 0 fully saturated rings. The molecule has 0 aliphatic rings. The summed E-state index contributed by atoms with van der Waals surface area (Å²) in [5, 5.41) is 16.8. The molecule has 0 saturated carbocycles. The van der Waals surface area contributed by atoms with Gasteiger partial charge >= 0.3 is 5.97 Å². The highest BCUT2D eigenvalue weighted by Crippen LogP contribution is 1.85. The Labute approximate surface area is 76.2 Å². The number of aliphatic hydroxyl groups excluding tert-OH is 2. The van der Waals surface area contributed by atoms with Gasteiger partial charge in [0.2, 0.25) is 0 Å². The summed E-state index contributed by atoms with van der Waals surface area (Å²) in [5.41, 5.74) is 5.15. The van der Waals surface area contributed by atoms with Gasteiger partial charge in [-0.15, -0.1) is 0 Å². The predicted molar refractivity (Wildman–Crippen MR) is 43.9 cm³/mol. The van der Waals surface area contributed by atoms with Gasteiger partial charge in [-0.05, 0) is 0 Å². The first-order chi connectivity index (χ1) is 6.22. The van der Waals surface area contributed by atoms with Gasteiger partial charge in [0.1, 0.15) is 12.6 Å². The van der Waals surface area contributed by atoms with Crippen molar-refractivity contribution in [2.24, 2.45) is 5.73 Å². The molecule has 0 amide bonds. The molecule has 6 heteroatoms. The summed E-state index contributed by atoms with van der Waals surface area (Å²) < 4.78 is 9.43. The fourth-order valence-corrected chi connectivity index (χ4v) is 0.549. The minimum absolute atomic E-state index is 0.0654. The highest BCUT2D eigenvalue weighted by atomic mass is 16.6. The Bertz CT molecular complexity index is 141. The van der Waals surface area contributed by atoms with E-state index in [0.717, 1.165) is 0 Å². The molecular weight excluding hydrogens is 178 g/mol. The number of hydrogen-bond acceptors (Lipinski definition) is 6. The summed E-state index contributed by atoms with van der Waals surface area (Å²) in [5.74, 6) is -0.657. The van der Waals surface area contributed by atoms with E-state index in [0.29, 0.717) is 0 Å². The summed E-state index contributed by atoms with van der Waals surface area (Å²) in [6.45, 7) is 0.00101. The summed E-state index contributed by atoms with van der Waals surface area (Å²) in [7, 11) is 0. The van der Waals surface area contributed by atoms with E-state index in [4.69, 9.17) is 20.7 Å². The molecule has 0 aliphatic carbocycles. The molecular formula is C7H15NO5. The first-order valence-corrected chi connectivity index (χ1v) is 3.94. The highest BCUT2D eigenvalue weighted by molar-refractivity contribution is 5.75. The molecule has 0 aromatic heterocycles. The number of aliphatic hydroxyl groups is 2. The van der Waals surface area contributed by atoms with Crippen LogP contribution in [0, 0.1) is 0 Å².